The summed E-state index contributed by atoms with van der Waals surface area (Å²) < 4.78 is 4.97. The molecule has 80 valence electrons. The maximum atomic E-state index is 10.9. The van der Waals surface area contributed by atoms with Crippen molar-refractivity contribution in [1.82, 2.24) is 5.32 Å². The molecule has 0 bridgehead atoms. The highest BCUT2D eigenvalue weighted by Crippen LogP contribution is 2.05. The van der Waals surface area contributed by atoms with Gasteiger partial charge in [-0.15, -0.1) is 0 Å². The van der Waals surface area contributed by atoms with Crippen LogP contribution in [-0.2, 0) is 4.74 Å². The van der Waals surface area contributed by atoms with E-state index in [1.807, 2.05) is 34.6 Å². The first-order chi connectivity index (χ1) is 5.95. The molecule has 0 spiro atoms. The molecule has 1 N–H and O–H groups in total. The zero-order valence-electron chi connectivity index (χ0n) is 9.11. The van der Waals surface area contributed by atoms with Crippen LogP contribution in [0.2, 0.25) is 0 Å². The second-order valence-corrected chi connectivity index (χ2v) is 3.91. The molecular weight excluding hydrogens is 234 g/mol. The number of amides is 1. The minimum Gasteiger partial charge on any atom is -0.444 e. The summed E-state index contributed by atoms with van der Waals surface area (Å²) in [5.41, 5.74) is -0.406. The molecule has 0 aromatic heterocycles. The van der Waals surface area contributed by atoms with E-state index in [4.69, 9.17) is 4.74 Å². The van der Waals surface area contributed by atoms with Gasteiger partial charge in [0, 0.05) is 11.9 Å². The zero-order valence-corrected chi connectivity index (χ0v) is 10.7. The molecule has 0 rings (SSSR count). The van der Waals surface area contributed by atoms with Gasteiger partial charge in [-0.2, -0.15) is 0 Å². The summed E-state index contributed by atoms with van der Waals surface area (Å²) in [6.07, 6.45) is -0.364. The SMILES string of the molecule is CC.CC(C)(C)OC(=O)NCCBr. The number of halogens is 1. The normalized spacial score (nSPS) is 9.69. The van der Waals surface area contributed by atoms with Crippen molar-refractivity contribution in [2.24, 2.45) is 0 Å². The van der Waals surface area contributed by atoms with E-state index in [2.05, 4.69) is 21.2 Å². The van der Waals surface area contributed by atoms with Crippen LogP contribution in [0.1, 0.15) is 34.6 Å². The molecule has 0 aromatic rings. The highest BCUT2D eigenvalue weighted by atomic mass is 79.9. The average molecular weight is 254 g/mol. The number of rotatable bonds is 2. The minimum atomic E-state index is -0.406. The van der Waals surface area contributed by atoms with Gasteiger partial charge in [0.05, 0.1) is 0 Å². The van der Waals surface area contributed by atoms with E-state index in [9.17, 15) is 4.79 Å². The molecule has 0 saturated carbocycles. The fourth-order valence-corrected chi connectivity index (χ4v) is 0.662. The smallest absolute Gasteiger partial charge is 0.407 e. The molecule has 4 heteroatoms. The molecule has 0 heterocycles. The van der Waals surface area contributed by atoms with Gasteiger partial charge in [0.25, 0.3) is 0 Å². The molecule has 13 heavy (non-hydrogen) atoms. The third-order valence-corrected chi connectivity index (χ3v) is 1.16. The molecule has 0 unspecified atom stereocenters. The Morgan fingerprint density at radius 1 is 1.38 bits per heavy atom. The molecule has 0 atom stereocenters. The predicted octanol–water partition coefficient (Wildman–Crippen LogP) is 2.93. The van der Waals surface area contributed by atoms with E-state index in [1.54, 1.807) is 0 Å². The van der Waals surface area contributed by atoms with Crippen molar-refractivity contribution < 1.29 is 9.53 Å². The van der Waals surface area contributed by atoms with Gasteiger partial charge in [0.15, 0.2) is 0 Å². The first-order valence-corrected chi connectivity index (χ1v) is 5.60. The monoisotopic (exact) mass is 253 g/mol. The van der Waals surface area contributed by atoms with Crippen LogP contribution in [0.15, 0.2) is 0 Å². The van der Waals surface area contributed by atoms with Crippen molar-refractivity contribution in [3.8, 4) is 0 Å². The van der Waals surface area contributed by atoms with E-state index in [0.717, 1.165) is 5.33 Å². The van der Waals surface area contributed by atoms with E-state index >= 15 is 0 Å². The summed E-state index contributed by atoms with van der Waals surface area (Å²) in [5, 5.41) is 3.32. The van der Waals surface area contributed by atoms with Gasteiger partial charge in [-0.25, -0.2) is 4.79 Å². The third-order valence-electron chi connectivity index (χ3n) is 0.763. The summed E-state index contributed by atoms with van der Waals surface area (Å²) in [4.78, 5) is 10.9. The lowest BCUT2D eigenvalue weighted by molar-refractivity contribution is 0.0531. The van der Waals surface area contributed by atoms with Crippen molar-refractivity contribution in [1.29, 1.82) is 0 Å². The number of ether oxygens (including phenoxy) is 1. The Labute approximate surface area is 89.4 Å². The number of hydrogen-bond acceptors (Lipinski definition) is 2. The van der Waals surface area contributed by atoms with Gasteiger partial charge in [0.2, 0.25) is 0 Å². The Bertz CT molecular complexity index is 132. The van der Waals surface area contributed by atoms with Gasteiger partial charge in [-0.3, -0.25) is 0 Å². The molecule has 0 aliphatic carbocycles. The van der Waals surface area contributed by atoms with E-state index < -0.39 is 5.60 Å². The molecule has 3 nitrogen and oxygen atoms in total. The Hall–Kier alpha value is -0.250. The van der Waals surface area contributed by atoms with Crippen LogP contribution in [0.3, 0.4) is 0 Å². The zero-order chi connectivity index (χ0) is 10.9. The van der Waals surface area contributed by atoms with Crippen LogP contribution in [0.4, 0.5) is 4.79 Å². The first kappa shape index (κ1) is 15.2. The molecule has 0 fully saturated rings. The maximum Gasteiger partial charge on any atom is 0.407 e. The topological polar surface area (TPSA) is 38.3 Å². The molecule has 0 radical (unpaired) electrons. The predicted molar refractivity (Wildman–Crippen MR) is 59.4 cm³/mol. The molecule has 0 aliphatic heterocycles. The maximum absolute atomic E-state index is 10.9. The molecule has 0 saturated heterocycles. The van der Waals surface area contributed by atoms with Crippen molar-refractivity contribution >= 4 is 22.0 Å². The number of alkyl halides is 1. The molecule has 0 aromatic carbocycles. The van der Waals surface area contributed by atoms with Gasteiger partial charge in [-0.1, -0.05) is 29.8 Å². The van der Waals surface area contributed by atoms with Crippen LogP contribution < -0.4 is 5.32 Å². The number of alkyl carbamates (subject to hydrolysis) is 1. The Morgan fingerprint density at radius 3 is 2.15 bits per heavy atom. The van der Waals surface area contributed by atoms with E-state index in [1.165, 1.54) is 0 Å². The molecule has 1 amide bonds. The second-order valence-electron chi connectivity index (χ2n) is 3.12. The van der Waals surface area contributed by atoms with Crippen LogP contribution in [0, 0.1) is 0 Å². The lowest BCUT2D eigenvalue weighted by Gasteiger charge is -2.19. The quantitative estimate of drug-likeness (QED) is 0.769. The first-order valence-electron chi connectivity index (χ1n) is 4.48. The van der Waals surface area contributed by atoms with Crippen LogP contribution in [0.25, 0.3) is 0 Å². The number of hydrogen-bond donors (Lipinski definition) is 1. The lowest BCUT2D eigenvalue weighted by Crippen LogP contribution is -2.33. The minimum absolute atomic E-state index is 0.364. The largest absolute Gasteiger partial charge is 0.444 e. The average Bonchev–Trinajstić information content (AvgIpc) is 2.01. The highest BCUT2D eigenvalue weighted by molar-refractivity contribution is 9.09. The van der Waals surface area contributed by atoms with Gasteiger partial charge < -0.3 is 10.1 Å². The fourth-order valence-electron chi connectivity index (χ4n) is 0.463. The van der Waals surface area contributed by atoms with Gasteiger partial charge in [-0.05, 0) is 20.8 Å². The van der Waals surface area contributed by atoms with E-state index in [-0.39, 0.29) is 6.09 Å². The van der Waals surface area contributed by atoms with Gasteiger partial charge in [0.1, 0.15) is 5.60 Å². The Kier molecular flexibility index (Phi) is 9.79. The number of carbonyl (C=O) groups is 1. The Balaban J connectivity index is 0. The second kappa shape index (κ2) is 8.35. The van der Waals surface area contributed by atoms with Crippen molar-refractivity contribution in [3.05, 3.63) is 0 Å². The van der Waals surface area contributed by atoms with Gasteiger partial charge >= 0.3 is 6.09 Å². The van der Waals surface area contributed by atoms with Crippen LogP contribution in [-0.4, -0.2) is 23.6 Å². The highest BCUT2D eigenvalue weighted by Gasteiger charge is 2.14. The lowest BCUT2D eigenvalue weighted by atomic mass is 10.2. The molecule has 0 aliphatic rings. The summed E-state index contributed by atoms with van der Waals surface area (Å²) in [6, 6.07) is 0. The third kappa shape index (κ3) is 14.6. The summed E-state index contributed by atoms with van der Waals surface area (Å²) in [7, 11) is 0. The summed E-state index contributed by atoms with van der Waals surface area (Å²) >= 11 is 3.19. The van der Waals surface area contributed by atoms with Crippen molar-refractivity contribution in [3.63, 3.8) is 0 Å². The summed E-state index contributed by atoms with van der Waals surface area (Å²) in [5.74, 6) is 0. The van der Waals surface area contributed by atoms with Crippen LogP contribution in [0.5, 0.6) is 0 Å². The van der Waals surface area contributed by atoms with Crippen molar-refractivity contribution in [2.75, 3.05) is 11.9 Å². The Morgan fingerprint density at radius 2 is 1.85 bits per heavy atom. The number of carbonyl (C=O) groups excluding carboxylic acids is 1. The van der Waals surface area contributed by atoms with Crippen LogP contribution >= 0.6 is 15.9 Å². The summed E-state index contributed by atoms with van der Waals surface area (Å²) in [6.45, 7) is 10.1. The number of nitrogens with one attached hydrogen (secondary N) is 1. The van der Waals surface area contributed by atoms with Crippen molar-refractivity contribution in [2.45, 2.75) is 40.2 Å². The fraction of sp³-hybridized carbons (Fsp3) is 0.889. The van der Waals surface area contributed by atoms with E-state index in [0.29, 0.717) is 6.54 Å². The molecular formula is C9H20BrNO2. The standard InChI is InChI=1S/C7H14BrNO2.C2H6/c1-7(2,3)11-6(10)9-5-4-8;1-2/h4-5H2,1-3H3,(H,9,10);1-2H3.